The monoisotopic (exact) mass is 273 g/mol. The number of rotatable bonds is 4. The number of alkyl halides is 3. The molecule has 17 heavy (non-hydrogen) atoms. The molecule has 0 bridgehead atoms. The molecule has 2 unspecified atom stereocenters. The summed E-state index contributed by atoms with van der Waals surface area (Å²) >= 11 is 0. The Labute approximate surface area is 99.7 Å². The Kier molecular flexibility index (Phi) is 4.83. The standard InChI is InChI=1S/C10H18F3NO2S/c1-17(15,16)6-2-3-9-7-8(4-5-14-9)10(11,12)13/h8-9,14H,2-7H2,1H3. The van der Waals surface area contributed by atoms with Crippen LogP contribution >= 0.6 is 0 Å². The lowest BCUT2D eigenvalue weighted by atomic mass is 9.90. The molecule has 1 N–H and O–H groups in total. The van der Waals surface area contributed by atoms with E-state index >= 15 is 0 Å². The molecule has 0 spiro atoms. The summed E-state index contributed by atoms with van der Waals surface area (Å²) in [5.41, 5.74) is 0. The van der Waals surface area contributed by atoms with Crippen molar-refractivity contribution in [3.63, 3.8) is 0 Å². The fourth-order valence-electron chi connectivity index (χ4n) is 2.12. The lowest BCUT2D eigenvalue weighted by Crippen LogP contribution is -2.42. The van der Waals surface area contributed by atoms with Gasteiger partial charge in [-0.15, -0.1) is 0 Å². The number of sulfone groups is 1. The second-order valence-corrected chi connectivity index (χ2v) is 6.95. The normalized spacial score (nSPS) is 27.1. The van der Waals surface area contributed by atoms with Crippen molar-refractivity contribution in [3.05, 3.63) is 0 Å². The molecule has 2 atom stereocenters. The van der Waals surface area contributed by atoms with E-state index in [1.807, 2.05) is 0 Å². The Morgan fingerprint density at radius 3 is 2.53 bits per heavy atom. The number of hydrogen-bond donors (Lipinski definition) is 1. The molecule has 0 aromatic carbocycles. The first kappa shape index (κ1) is 14.8. The first-order valence-corrected chi connectivity index (χ1v) is 7.72. The van der Waals surface area contributed by atoms with Crippen LogP contribution in [0.5, 0.6) is 0 Å². The van der Waals surface area contributed by atoms with Gasteiger partial charge in [-0.25, -0.2) is 8.42 Å². The van der Waals surface area contributed by atoms with Crippen LogP contribution in [-0.4, -0.2) is 39.2 Å². The number of piperidine rings is 1. The van der Waals surface area contributed by atoms with Crippen molar-refractivity contribution in [2.75, 3.05) is 18.6 Å². The molecule has 0 amide bonds. The zero-order chi connectivity index (χ0) is 13.1. The molecule has 0 radical (unpaired) electrons. The zero-order valence-electron chi connectivity index (χ0n) is 9.76. The zero-order valence-corrected chi connectivity index (χ0v) is 10.6. The lowest BCUT2D eigenvalue weighted by Gasteiger charge is -2.31. The minimum atomic E-state index is -4.13. The SMILES string of the molecule is CS(=O)(=O)CCCC1CC(C(F)(F)F)CCN1. The average molecular weight is 273 g/mol. The van der Waals surface area contributed by atoms with Gasteiger partial charge in [-0.2, -0.15) is 13.2 Å². The van der Waals surface area contributed by atoms with Crippen LogP contribution in [0.1, 0.15) is 25.7 Å². The summed E-state index contributed by atoms with van der Waals surface area (Å²) in [7, 11) is -3.02. The van der Waals surface area contributed by atoms with Crippen molar-refractivity contribution in [1.29, 1.82) is 0 Å². The fraction of sp³-hybridized carbons (Fsp3) is 1.00. The van der Waals surface area contributed by atoms with E-state index in [-0.39, 0.29) is 24.6 Å². The van der Waals surface area contributed by atoms with Crippen LogP contribution in [0, 0.1) is 5.92 Å². The Morgan fingerprint density at radius 1 is 1.35 bits per heavy atom. The summed E-state index contributed by atoms with van der Waals surface area (Å²) in [5, 5.41) is 3.01. The van der Waals surface area contributed by atoms with Crippen molar-refractivity contribution in [2.45, 2.75) is 37.9 Å². The summed E-state index contributed by atoms with van der Waals surface area (Å²) in [6.45, 7) is 0.355. The number of nitrogens with one attached hydrogen (secondary N) is 1. The quantitative estimate of drug-likeness (QED) is 0.848. The maximum Gasteiger partial charge on any atom is 0.391 e. The predicted molar refractivity (Wildman–Crippen MR) is 59.5 cm³/mol. The van der Waals surface area contributed by atoms with E-state index in [1.54, 1.807) is 0 Å². The Bertz CT molecular complexity index is 340. The summed E-state index contributed by atoms with van der Waals surface area (Å²) in [6.07, 6.45) is -1.91. The van der Waals surface area contributed by atoms with E-state index in [1.165, 1.54) is 0 Å². The largest absolute Gasteiger partial charge is 0.391 e. The van der Waals surface area contributed by atoms with Gasteiger partial charge in [-0.05, 0) is 32.2 Å². The molecule has 0 aromatic heterocycles. The van der Waals surface area contributed by atoms with Crippen LogP contribution in [0.4, 0.5) is 13.2 Å². The minimum Gasteiger partial charge on any atom is -0.314 e. The topological polar surface area (TPSA) is 46.2 Å². The van der Waals surface area contributed by atoms with Crippen LogP contribution in [0.25, 0.3) is 0 Å². The molecular weight excluding hydrogens is 255 g/mol. The maximum absolute atomic E-state index is 12.5. The van der Waals surface area contributed by atoms with E-state index in [4.69, 9.17) is 0 Å². The van der Waals surface area contributed by atoms with Gasteiger partial charge in [0.05, 0.1) is 5.92 Å². The number of hydrogen-bond acceptors (Lipinski definition) is 3. The molecule has 3 nitrogen and oxygen atoms in total. The van der Waals surface area contributed by atoms with E-state index in [0.29, 0.717) is 19.4 Å². The summed E-state index contributed by atoms with van der Waals surface area (Å²) in [6, 6.07) is -0.211. The second kappa shape index (κ2) is 5.56. The van der Waals surface area contributed by atoms with Gasteiger partial charge in [0.25, 0.3) is 0 Å². The second-order valence-electron chi connectivity index (χ2n) is 4.69. The third-order valence-electron chi connectivity index (χ3n) is 3.03. The molecule has 1 aliphatic heterocycles. The first-order valence-electron chi connectivity index (χ1n) is 5.66. The molecule has 7 heteroatoms. The molecular formula is C10H18F3NO2S. The Balaban J connectivity index is 2.35. The Hall–Kier alpha value is -0.300. The van der Waals surface area contributed by atoms with Gasteiger partial charge in [0.2, 0.25) is 0 Å². The van der Waals surface area contributed by atoms with Gasteiger partial charge >= 0.3 is 6.18 Å². The van der Waals surface area contributed by atoms with Gasteiger partial charge in [0, 0.05) is 18.1 Å². The summed E-state index contributed by atoms with van der Waals surface area (Å²) in [4.78, 5) is 0. The average Bonchev–Trinajstić information content (AvgIpc) is 2.15. The highest BCUT2D eigenvalue weighted by Gasteiger charge is 2.41. The smallest absolute Gasteiger partial charge is 0.314 e. The van der Waals surface area contributed by atoms with Gasteiger partial charge in [-0.3, -0.25) is 0 Å². The van der Waals surface area contributed by atoms with Crippen molar-refractivity contribution in [2.24, 2.45) is 5.92 Å². The molecule has 1 fully saturated rings. The van der Waals surface area contributed by atoms with Crippen LogP contribution in [0.15, 0.2) is 0 Å². The van der Waals surface area contributed by atoms with E-state index in [9.17, 15) is 21.6 Å². The molecule has 1 aliphatic rings. The van der Waals surface area contributed by atoms with E-state index < -0.39 is 21.9 Å². The van der Waals surface area contributed by atoms with Crippen molar-refractivity contribution in [1.82, 2.24) is 5.32 Å². The van der Waals surface area contributed by atoms with Gasteiger partial charge in [-0.1, -0.05) is 0 Å². The van der Waals surface area contributed by atoms with E-state index in [2.05, 4.69) is 5.32 Å². The predicted octanol–water partition coefficient (Wildman–Crippen LogP) is 1.74. The highest BCUT2D eigenvalue weighted by Crippen LogP contribution is 2.34. The highest BCUT2D eigenvalue weighted by atomic mass is 32.2. The fourth-order valence-corrected chi connectivity index (χ4v) is 2.81. The lowest BCUT2D eigenvalue weighted by molar-refractivity contribution is -0.183. The van der Waals surface area contributed by atoms with Crippen LogP contribution in [-0.2, 0) is 9.84 Å². The minimum absolute atomic E-state index is 0.0435. The van der Waals surface area contributed by atoms with Gasteiger partial charge < -0.3 is 5.32 Å². The van der Waals surface area contributed by atoms with Crippen LogP contribution in [0.3, 0.4) is 0 Å². The highest BCUT2D eigenvalue weighted by molar-refractivity contribution is 7.90. The van der Waals surface area contributed by atoms with Crippen molar-refractivity contribution >= 4 is 9.84 Å². The first-order chi connectivity index (χ1) is 7.68. The molecule has 0 saturated carbocycles. The molecule has 0 aromatic rings. The van der Waals surface area contributed by atoms with Crippen molar-refractivity contribution < 1.29 is 21.6 Å². The summed E-state index contributed by atoms with van der Waals surface area (Å²) in [5.74, 6) is -1.20. The molecule has 102 valence electrons. The number of halogens is 3. The van der Waals surface area contributed by atoms with Gasteiger partial charge in [0.15, 0.2) is 0 Å². The summed E-state index contributed by atoms with van der Waals surface area (Å²) < 4.78 is 59.3. The molecule has 1 saturated heterocycles. The maximum atomic E-state index is 12.5. The van der Waals surface area contributed by atoms with Crippen molar-refractivity contribution in [3.8, 4) is 0 Å². The third kappa shape index (κ3) is 5.72. The van der Waals surface area contributed by atoms with Gasteiger partial charge in [0.1, 0.15) is 9.84 Å². The third-order valence-corrected chi connectivity index (χ3v) is 4.06. The Morgan fingerprint density at radius 2 is 2.00 bits per heavy atom. The molecule has 1 heterocycles. The van der Waals surface area contributed by atoms with E-state index in [0.717, 1.165) is 6.26 Å². The van der Waals surface area contributed by atoms with Crippen LogP contribution < -0.4 is 5.32 Å². The van der Waals surface area contributed by atoms with Crippen LogP contribution in [0.2, 0.25) is 0 Å². The molecule has 0 aliphatic carbocycles. The molecule has 1 rings (SSSR count).